The van der Waals surface area contributed by atoms with Crippen LogP contribution in [0, 0.1) is 20.8 Å². The predicted octanol–water partition coefficient (Wildman–Crippen LogP) is 5.13. The SMILES string of the molecule is Cc1nn(-c2ccc(Nc3cn(-c4c(Cl)cccc4Cl)nc3C(N)=O)cc2)c(C)c1C. The van der Waals surface area contributed by atoms with Crippen molar-refractivity contribution in [2.75, 3.05) is 5.32 Å². The predicted molar refractivity (Wildman–Crippen MR) is 123 cm³/mol. The fourth-order valence-corrected chi connectivity index (χ4v) is 3.85. The standard InChI is InChI=1S/C22H20Cl2N6O/c1-12-13(2)27-30(14(12)3)16-9-7-15(8-10-16)26-19-11-29(28-20(19)22(25)31)21-17(23)5-4-6-18(21)24/h4-11,26H,1-3H3,(H2,25,31). The van der Waals surface area contributed by atoms with Gasteiger partial charge in [0.05, 0.1) is 33.3 Å². The van der Waals surface area contributed by atoms with Crippen molar-refractivity contribution in [3.8, 4) is 11.4 Å². The van der Waals surface area contributed by atoms with Gasteiger partial charge in [0.2, 0.25) is 0 Å². The highest BCUT2D eigenvalue weighted by Gasteiger charge is 2.18. The molecule has 31 heavy (non-hydrogen) atoms. The molecule has 2 aromatic heterocycles. The number of nitrogens with two attached hydrogens (primary N) is 1. The molecule has 0 saturated heterocycles. The minimum Gasteiger partial charge on any atom is -0.364 e. The molecule has 0 fully saturated rings. The lowest BCUT2D eigenvalue weighted by Gasteiger charge is -2.08. The Balaban J connectivity index is 1.67. The molecule has 0 aliphatic rings. The second-order valence-electron chi connectivity index (χ2n) is 7.15. The van der Waals surface area contributed by atoms with Gasteiger partial charge in [-0.05, 0) is 62.7 Å². The Morgan fingerprint density at radius 3 is 2.19 bits per heavy atom. The zero-order valence-electron chi connectivity index (χ0n) is 17.1. The number of para-hydroxylation sites is 1. The molecule has 7 nitrogen and oxygen atoms in total. The number of amides is 1. The lowest BCUT2D eigenvalue weighted by molar-refractivity contribution is 0.0996. The molecule has 1 amide bonds. The number of nitrogens with zero attached hydrogens (tertiary/aromatic N) is 4. The first-order valence-electron chi connectivity index (χ1n) is 9.50. The van der Waals surface area contributed by atoms with E-state index in [1.165, 1.54) is 10.2 Å². The fraction of sp³-hybridized carbons (Fsp3) is 0.136. The summed E-state index contributed by atoms with van der Waals surface area (Å²) in [5.41, 5.74) is 11.5. The van der Waals surface area contributed by atoms with Crippen LogP contribution in [0.25, 0.3) is 11.4 Å². The lowest BCUT2D eigenvalue weighted by atomic mass is 10.2. The first kappa shape index (κ1) is 21.0. The quantitative estimate of drug-likeness (QED) is 0.437. The second kappa shape index (κ2) is 8.09. The van der Waals surface area contributed by atoms with Crippen LogP contribution < -0.4 is 11.1 Å². The van der Waals surface area contributed by atoms with E-state index in [1.54, 1.807) is 24.4 Å². The van der Waals surface area contributed by atoms with Gasteiger partial charge in [0, 0.05) is 11.4 Å². The summed E-state index contributed by atoms with van der Waals surface area (Å²) in [5, 5.41) is 12.9. The van der Waals surface area contributed by atoms with Crippen molar-refractivity contribution in [1.82, 2.24) is 19.6 Å². The van der Waals surface area contributed by atoms with Crippen molar-refractivity contribution in [3.63, 3.8) is 0 Å². The van der Waals surface area contributed by atoms with Gasteiger partial charge < -0.3 is 11.1 Å². The van der Waals surface area contributed by atoms with E-state index in [4.69, 9.17) is 28.9 Å². The van der Waals surface area contributed by atoms with Crippen LogP contribution in [-0.4, -0.2) is 25.5 Å². The Labute approximate surface area is 189 Å². The number of hydrogen-bond acceptors (Lipinski definition) is 4. The van der Waals surface area contributed by atoms with E-state index in [9.17, 15) is 4.79 Å². The summed E-state index contributed by atoms with van der Waals surface area (Å²) in [5.74, 6) is -0.667. The van der Waals surface area contributed by atoms with Gasteiger partial charge in [-0.1, -0.05) is 29.3 Å². The zero-order valence-corrected chi connectivity index (χ0v) is 18.7. The molecule has 4 rings (SSSR count). The van der Waals surface area contributed by atoms with Crippen LogP contribution in [0.3, 0.4) is 0 Å². The number of halogens is 2. The van der Waals surface area contributed by atoms with Crippen LogP contribution in [0.15, 0.2) is 48.7 Å². The number of nitrogens with one attached hydrogen (secondary N) is 1. The molecule has 0 unspecified atom stereocenters. The summed E-state index contributed by atoms with van der Waals surface area (Å²) in [7, 11) is 0. The van der Waals surface area contributed by atoms with Crippen LogP contribution in [-0.2, 0) is 0 Å². The highest BCUT2D eigenvalue weighted by molar-refractivity contribution is 6.37. The molecule has 9 heteroatoms. The number of carbonyl (C=O) groups is 1. The number of hydrogen-bond donors (Lipinski definition) is 2. The van der Waals surface area contributed by atoms with Crippen LogP contribution in [0.1, 0.15) is 27.4 Å². The van der Waals surface area contributed by atoms with Gasteiger partial charge in [-0.3, -0.25) is 4.79 Å². The molecule has 2 aromatic carbocycles. The monoisotopic (exact) mass is 454 g/mol. The molecule has 0 spiro atoms. The van der Waals surface area contributed by atoms with E-state index in [0.29, 0.717) is 21.4 Å². The summed E-state index contributed by atoms with van der Waals surface area (Å²) in [4.78, 5) is 12.0. The van der Waals surface area contributed by atoms with Crippen LogP contribution in [0.4, 0.5) is 11.4 Å². The number of rotatable bonds is 5. The first-order valence-corrected chi connectivity index (χ1v) is 10.3. The highest BCUT2D eigenvalue weighted by atomic mass is 35.5. The van der Waals surface area contributed by atoms with Crippen LogP contribution in [0.2, 0.25) is 10.0 Å². The minimum absolute atomic E-state index is 0.0780. The van der Waals surface area contributed by atoms with Crippen molar-refractivity contribution in [3.05, 3.63) is 81.4 Å². The fourth-order valence-electron chi connectivity index (χ4n) is 3.28. The number of carbonyl (C=O) groups excluding carboxylic acids is 1. The number of primary amides is 1. The summed E-state index contributed by atoms with van der Waals surface area (Å²) in [6, 6.07) is 12.8. The first-order chi connectivity index (χ1) is 14.8. The van der Waals surface area contributed by atoms with Gasteiger partial charge in [-0.15, -0.1) is 0 Å². The third kappa shape index (κ3) is 3.89. The maximum absolute atomic E-state index is 12.0. The normalized spacial score (nSPS) is 11.0. The van der Waals surface area contributed by atoms with Gasteiger partial charge in [0.15, 0.2) is 5.69 Å². The number of anilines is 2. The van der Waals surface area contributed by atoms with E-state index in [0.717, 1.165) is 22.8 Å². The number of benzene rings is 2. The smallest absolute Gasteiger partial charge is 0.271 e. The van der Waals surface area contributed by atoms with E-state index in [1.807, 2.05) is 42.8 Å². The Morgan fingerprint density at radius 2 is 1.65 bits per heavy atom. The van der Waals surface area contributed by atoms with Crippen molar-refractivity contribution in [1.29, 1.82) is 0 Å². The molecule has 158 valence electrons. The number of aromatic nitrogens is 4. The van der Waals surface area contributed by atoms with Crippen LogP contribution in [0.5, 0.6) is 0 Å². The Kier molecular flexibility index (Phi) is 5.47. The van der Waals surface area contributed by atoms with Gasteiger partial charge in [-0.2, -0.15) is 10.2 Å². The summed E-state index contributed by atoms with van der Waals surface area (Å²) >= 11 is 12.6. The highest BCUT2D eigenvalue weighted by Crippen LogP contribution is 2.30. The molecule has 0 atom stereocenters. The van der Waals surface area contributed by atoms with E-state index in [-0.39, 0.29) is 5.69 Å². The average Bonchev–Trinajstić information content (AvgIpc) is 3.25. The van der Waals surface area contributed by atoms with E-state index >= 15 is 0 Å². The minimum atomic E-state index is -0.667. The molecule has 3 N–H and O–H groups in total. The molecule has 0 aliphatic carbocycles. The van der Waals surface area contributed by atoms with E-state index in [2.05, 4.69) is 22.4 Å². The molecular formula is C22H20Cl2N6O. The molecular weight excluding hydrogens is 435 g/mol. The molecule has 0 radical (unpaired) electrons. The largest absolute Gasteiger partial charge is 0.364 e. The maximum Gasteiger partial charge on any atom is 0.271 e. The molecule has 0 bridgehead atoms. The maximum atomic E-state index is 12.0. The van der Waals surface area contributed by atoms with Crippen molar-refractivity contribution >= 4 is 40.5 Å². The van der Waals surface area contributed by atoms with Crippen molar-refractivity contribution in [2.45, 2.75) is 20.8 Å². The topological polar surface area (TPSA) is 90.8 Å². The molecule has 2 heterocycles. The molecule has 0 aliphatic heterocycles. The zero-order chi connectivity index (χ0) is 22.3. The summed E-state index contributed by atoms with van der Waals surface area (Å²) < 4.78 is 3.35. The van der Waals surface area contributed by atoms with Gasteiger partial charge >= 0.3 is 0 Å². The third-order valence-corrected chi connectivity index (χ3v) is 5.77. The summed E-state index contributed by atoms with van der Waals surface area (Å²) in [6.45, 7) is 6.08. The molecule has 4 aromatic rings. The third-order valence-electron chi connectivity index (χ3n) is 5.16. The average molecular weight is 455 g/mol. The van der Waals surface area contributed by atoms with Crippen molar-refractivity contribution in [2.24, 2.45) is 5.73 Å². The van der Waals surface area contributed by atoms with Gasteiger partial charge in [0.25, 0.3) is 5.91 Å². The number of aryl methyl sites for hydroxylation is 1. The Morgan fingerprint density at radius 1 is 1.00 bits per heavy atom. The van der Waals surface area contributed by atoms with Gasteiger partial charge in [-0.25, -0.2) is 9.36 Å². The Bertz CT molecular complexity index is 1270. The summed E-state index contributed by atoms with van der Waals surface area (Å²) in [6.07, 6.45) is 1.63. The van der Waals surface area contributed by atoms with Crippen LogP contribution >= 0.6 is 23.2 Å². The van der Waals surface area contributed by atoms with Crippen molar-refractivity contribution < 1.29 is 4.79 Å². The van der Waals surface area contributed by atoms with Gasteiger partial charge in [0.1, 0.15) is 5.69 Å². The van der Waals surface area contributed by atoms with E-state index < -0.39 is 5.91 Å². The lowest BCUT2D eigenvalue weighted by Crippen LogP contribution is -2.14. The molecule has 0 saturated carbocycles. The Hall–Kier alpha value is -3.29. The second-order valence-corrected chi connectivity index (χ2v) is 7.96.